The standard InChI is InChI=1S/C22H23ClN6O2/c1-15(31)28-10-8-27(9-11-28)13-19-21(16-2-5-18(23)6-3-16)26-20-7-4-17(12-29(19)20)22(24)25-14-30/h2-7,12,14H,8-11,13H2,1H3,(H2,24,25,30). The molecular formula is C22H23ClN6O2. The second-order valence-electron chi connectivity index (χ2n) is 7.46. The summed E-state index contributed by atoms with van der Waals surface area (Å²) in [5, 5.41) is 0.662. The molecule has 2 aromatic heterocycles. The molecule has 9 heteroatoms. The first-order valence-corrected chi connectivity index (χ1v) is 10.4. The molecule has 2 amide bonds. The average Bonchev–Trinajstić information content (AvgIpc) is 3.12. The summed E-state index contributed by atoms with van der Waals surface area (Å²) in [5.41, 5.74) is 10.2. The minimum Gasteiger partial charge on any atom is -0.383 e. The van der Waals surface area contributed by atoms with Gasteiger partial charge in [0.25, 0.3) is 0 Å². The average molecular weight is 439 g/mol. The third-order valence-electron chi connectivity index (χ3n) is 5.51. The summed E-state index contributed by atoms with van der Waals surface area (Å²) in [4.78, 5) is 35.1. The van der Waals surface area contributed by atoms with Crippen LogP contribution in [0.1, 0.15) is 18.2 Å². The lowest BCUT2D eigenvalue weighted by molar-refractivity contribution is -0.130. The first-order chi connectivity index (χ1) is 15.0. The molecule has 8 nitrogen and oxygen atoms in total. The summed E-state index contributed by atoms with van der Waals surface area (Å²) in [6.45, 7) is 5.21. The van der Waals surface area contributed by atoms with E-state index < -0.39 is 0 Å². The van der Waals surface area contributed by atoms with Crippen LogP contribution in [0, 0.1) is 0 Å². The number of rotatable bonds is 5. The van der Waals surface area contributed by atoms with Crippen LogP contribution in [-0.2, 0) is 16.1 Å². The van der Waals surface area contributed by atoms with E-state index in [0.29, 0.717) is 36.6 Å². The van der Waals surface area contributed by atoms with Crippen LogP contribution in [0.5, 0.6) is 0 Å². The maximum atomic E-state index is 11.7. The molecule has 0 radical (unpaired) electrons. The number of benzene rings is 1. The molecule has 3 aromatic rings. The van der Waals surface area contributed by atoms with Crippen molar-refractivity contribution in [3.05, 3.63) is 58.9 Å². The molecule has 1 aliphatic rings. The van der Waals surface area contributed by atoms with Gasteiger partial charge in [0.05, 0.1) is 11.4 Å². The molecule has 1 fully saturated rings. The zero-order valence-electron chi connectivity index (χ0n) is 17.2. The summed E-state index contributed by atoms with van der Waals surface area (Å²) in [7, 11) is 0. The number of hydrogen-bond donors (Lipinski definition) is 1. The lowest BCUT2D eigenvalue weighted by atomic mass is 10.1. The van der Waals surface area contributed by atoms with Gasteiger partial charge in [0.1, 0.15) is 11.5 Å². The highest BCUT2D eigenvalue weighted by molar-refractivity contribution is 6.30. The lowest BCUT2D eigenvalue weighted by Gasteiger charge is -2.34. The van der Waals surface area contributed by atoms with Crippen molar-refractivity contribution < 1.29 is 9.59 Å². The largest absolute Gasteiger partial charge is 0.383 e. The molecule has 0 bridgehead atoms. The van der Waals surface area contributed by atoms with Crippen molar-refractivity contribution in [1.29, 1.82) is 0 Å². The molecule has 0 saturated carbocycles. The number of hydrogen-bond acceptors (Lipinski definition) is 4. The number of nitrogens with zero attached hydrogens (tertiary/aromatic N) is 5. The molecule has 31 heavy (non-hydrogen) atoms. The number of amidine groups is 1. The first-order valence-electron chi connectivity index (χ1n) is 9.98. The van der Waals surface area contributed by atoms with E-state index in [1.165, 1.54) is 0 Å². The molecule has 1 aliphatic heterocycles. The van der Waals surface area contributed by atoms with Gasteiger partial charge < -0.3 is 15.0 Å². The van der Waals surface area contributed by atoms with Gasteiger partial charge in [-0.05, 0) is 24.3 Å². The van der Waals surface area contributed by atoms with Crippen LogP contribution < -0.4 is 5.73 Å². The third kappa shape index (κ3) is 4.45. The van der Waals surface area contributed by atoms with E-state index >= 15 is 0 Å². The summed E-state index contributed by atoms with van der Waals surface area (Å²) in [6, 6.07) is 11.2. The number of aliphatic imine (C=N–C) groups is 1. The number of fused-ring (bicyclic) bond motifs is 1. The number of halogens is 1. The van der Waals surface area contributed by atoms with Crippen LogP contribution >= 0.6 is 11.6 Å². The molecule has 3 heterocycles. The predicted octanol–water partition coefficient (Wildman–Crippen LogP) is 2.18. The summed E-state index contributed by atoms with van der Waals surface area (Å²) >= 11 is 6.08. The second kappa shape index (κ2) is 8.87. The van der Waals surface area contributed by atoms with E-state index in [2.05, 4.69) is 9.89 Å². The van der Waals surface area contributed by atoms with Crippen molar-refractivity contribution in [2.24, 2.45) is 10.7 Å². The smallest absolute Gasteiger partial charge is 0.234 e. The van der Waals surface area contributed by atoms with E-state index in [9.17, 15) is 9.59 Å². The Morgan fingerprint density at radius 2 is 1.87 bits per heavy atom. The van der Waals surface area contributed by atoms with Crippen LogP contribution in [0.2, 0.25) is 5.02 Å². The topological polar surface area (TPSA) is 96.3 Å². The Morgan fingerprint density at radius 3 is 2.52 bits per heavy atom. The lowest BCUT2D eigenvalue weighted by Crippen LogP contribution is -2.47. The fourth-order valence-electron chi connectivity index (χ4n) is 3.80. The Hall–Kier alpha value is -3.23. The van der Waals surface area contributed by atoms with Gasteiger partial charge in [-0.2, -0.15) is 4.99 Å². The minimum atomic E-state index is 0.103. The van der Waals surface area contributed by atoms with Gasteiger partial charge in [-0.25, -0.2) is 4.98 Å². The van der Waals surface area contributed by atoms with Gasteiger partial charge in [0.2, 0.25) is 12.3 Å². The van der Waals surface area contributed by atoms with E-state index in [1.54, 1.807) is 13.0 Å². The first kappa shape index (κ1) is 21.0. The number of carbonyl (C=O) groups excluding carboxylic acids is 2. The Morgan fingerprint density at radius 1 is 1.16 bits per heavy atom. The number of aromatic nitrogens is 2. The number of amides is 2. The number of pyridine rings is 1. The molecule has 0 spiro atoms. The van der Waals surface area contributed by atoms with Crippen LogP contribution in [0.4, 0.5) is 0 Å². The third-order valence-corrected chi connectivity index (χ3v) is 5.77. The molecule has 4 rings (SSSR count). The van der Waals surface area contributed by atoms with Crippen LogP contribution in [-0.4, -0.2) is 63.5 Å². The van der Waals surface area contributed by atoms with Crippen LogP contribution in [0.25, 0.3) is 16.9 Å². The highest BCUT2D eigenvalue weighted by Crippen LogP contribution is 2.27. The summed E-state index contributed by atoms with van der Waals surface area (Å²) < 4.78 is 1.99. The quantitative estimate of drug-likeness (QED) is 0.374. The van der Waals surface area contributed by atoms with Crippen molar-refractivity contribution in [3.63, 3.8) is 0 Å². The van der Waals surface area contributed by atoms with E-state index in [1.807, 2.05) is 45.8 Å². The van der Waals surface area contributed by atoms with Crippen molar-refractivity contribution >= 4 is 35.4 Å². The summed E-state index contributed by atoms with van der Waals surface area (Å²) in [6.07, 6.45) is 2.28. The maximum absolute atomic E-state index is 11.7. The molecule has 160 valence electrons. The highest BCUT2D eigenvalue weighted by Gasteiger charge is 2.22. The number of piperazine rings is 1. The fourth-order valence-corrected chi connectivity index (χ4v) is 3.92. The number of nitrogens with two attached hydrogens (primary N) is 1. The molecule has 1 aromatic carbocycles. The van der Waals surface area contributed by atoms with E-state index in [0.717, 1.165) is 35.7 Å². The van der Waals surface area contributed by atoms with Crippen LogP contribution in [0.15, 0.2) is 47.6 Å². The molecule has 0 atom stereocenters. The highest BCUT2D eigenvalue weighted by atomic mass is 35.5. The minimum absolute atomic E-state index is 0.103. The maximum Gasteiger partial charge on any atom is 0.234 e. The van der Waals surface area contributed by atoms with Gasteiger partial charge in [0, 0.05) is 62.0 Å². The number of imidazole rings is 1. The summed E-state index contributed by atoms with van der Waals surface area (Å²) in [5.74, 6) is 0.255. The molecular weight excluding hydrogens is 416 g/mol. The van der Waals surface area contributed by atoms with Gasteiger partial charge in [-0.3, -0.25) is 14.5 Å². The monoisotopic (exact) mass is 438 g/mol. The number of carbonyl (C=O) groups is 2. The Kier molecular flexibility index (Phi) is 6.01. The fraction of sp³-hybridized carbons (Fsp3) is 0.273. The van der Waals surface area contributed by atoms with Gasteiger partial charge >= 0.3 is 0 Å². The zero-order valence-corrected chi connectivity index (χ0v) is 17.9. The zero-order chi connectivity index (χ0) is 22.0. The van der Waals surface area contributed by atoms with Crippen molar-refractivity contribution in [2.45, 2.75) is 13.5 Å². The van der Waals surface area contributed by atoms with Crippen molar-refractivity contribution in [1.82, 2.24) is 19.2 Å². The normalized spacial score (nSPS) is 15.4. The second-order valence-corrected chi connectivity index (χ2v) is 7.90. The molecule has 2 N–H and O–H groups in total. The Labute approximate surface area is 184 Å². The Bertz CT molecular complexity index is 1150. The SMILES string of the molecule is CC(=O)N1CCN(Cc2c(-c3ccc(Cl)cc3)nc3ccc(C(N)=NC=O)cn23)CC1. The van der Waals surface area contributed by atoms with Crippen LogP contribution in [0.3, 0.4) is 0 Å². The van der Waals surface area contributed by atoms with Gasteiger partial charge in [-0.1, -0.05) is 23.7 Å². The van der Waals surface area contributed by atoms with E-state index in [-0.39, 0.29) is 11.7 Å². The van der Waals surface area contributed by atoms with Crippen molar-refractivity contribution in [2.75, 3.05) is 26.2 Å². The van der Waals surface area contributed by atoms with Crippen molar-refractivity contribution in [3.8, 4) is 11.3 Å². The van der Waals surface area contributed by atoms with Gasteiger partial charge in [-0.15, -0.1) is 0 Å². The Balaban J connectivity index is 1.75. The van der Waals surface area contributed by atoms with E-state index in [4.69, 9.17) is 22.3 Å². The molecule has 0 aliphatic carbocycles. The van der Waals surface area contributed by atoms with Gasteiger partial charge in [0.15, 0.2) is 0 Å². The molecule has 0 unspecified atom stereocenters. The molecule has 1 saturated heterocycles. The predicted molar refractivity (Wildman–Crippen MR) is 120 cm³/mol.